The fourth-order valence-electron chi connectivity index (χ4n) is 6.01. The topological polar surface area (TPSA) is 105 Å². The number of nitrogens with zero attached hydrogens (tertiary/aromatic N) is 4. The molecule has 1 aromatic heterocycles. The van der Waals surface area contributed by atoms with Crippen LogP contribution in [0.1, 0.15) is 66.1 Å². The number of rotatable bonds is 5. The number of piperidine rings is 1. The van der Waals surface area contributed by atoms with Crippen LogP contribution in [-0.2, 0) is 16.1 Å². The van der Waals surface area contributed by atoms with Gasteiger partial charge in [-0.05, 0) is 49.4 Å². The van der Waals surface area contributed by atoms with Gasteiger partial charge in [-0.25, -0.2) is 9.97 Å². The summed E-state index contributed by atoms with van der Waals surface area (Å²) >= 11 is 6.30. The molecule has 2 unspecified atom stereocenters. The van der Waals surface area contributed by atoms with Crippen LogP contribution in [-0.4, -0.2) is 68.8 Å². The van der Waals surface area contributed by atoms with Crippen LogP contribution in [0.2, 0.25) is 5.02 Å². The van der Waals surface area contributed by atoms with Gasteiger partial charge in [0, 0.05) is 49.8 Å². The minimum atomic E-state index is -0.613. The predicted octanol–water partition coefficient (Wildman–Crippen LogP) is 2.68. The van der Waals surface area contributed by atoms with E-state index in [1.807, 2.05) is 12.1 Å². The largest absolute Gasteiger partial charge is 0.489 e. The van der Waals surface area contributed by atoms with E-state index in [9.17, 15) is 14.4 Å². The Morgan fingerprint density at radius 1 is 1.08 bits per heavy atom. The van der Waals surface area contributed by atoms with Crippen molar-refractivity contribution >= 4 is 29.3 Å². The van der Waals surface area contributed by atoms with Crippen LogP contribution < -0.4 is 10.1 Å². The molecule has 36 heavy (non-hydrogen) atoms. The summed E-state index contributed by atoms with van der Waals surface area (Å²) in [5, 5.41) is 2.97. The summed E-state index contributed by atoms with van der Waals surface area (Å²) in [4.78, 5) is 49.2. The van der Waals surface area contributed by atoms with Gasteiger partial charge in [-0.1, -0.05) is 18.0 Å². The first-order valence-electron chi connectivity index (χ1n) is 12.6. The summed E-state index contributed by atoms with van der Waals surface area (Å²) in [5.41, 5.74) is 2.37. The van der Waals surface area contributed by atoms with Gasteiger partial charge in [0.25, 0.3) is 5.91 Å². The average molecular weight is 510 g/mol. The van der Waals surface area contributed by atoms with Gasteiger partial charge in [-0.2, -0.15) is 0 Å². The Bertz CT molecular complexity index is 1220. The molecule has 1 aromatic carbocycles. The number of likely N-dealkylation sites (tertiary alicyclic amines) is 1. The van der Waals surface area contributed by atoms with Gasteiger partial charge in [0.2, 0.25) is 11.8 Å². The molecule has 188 valence electrons. The lowest BCUT2D eigenvalue weighted by atomic mass is 9.85. The second-order valence-electron chi connectivity index (χ2n) is 10.1. The van der Waals surface area contributed by atoms with E-state index in [0.29, 0.717) is 35.5 Å². The van der Waals surface area contributed by atoms with Crippen LogP contribution >= 0.6 is 11.6 Å². The van der Waals surface area contributed by atoms with Crippen molar-refractivity contribution in [2.45, 2.75) is 69.2 Å². The number of benzene rings is 1. The number of halogens is 1. The first-order chi connectivity index (χ1) is 17.5. The van der Waals surface area contributed by atoms with Gasteiger partial charge >= 0.3 is 0 Å². The van der Waals surface area contributed by atoms with Crippen LogP contribution in [0, 0.1) is 0 Å². The number of amides is 3. The van der Waals surface area contributed by atoms with Crippen LogP contribution in [0.5, 0.6) is 5.75 Å². The van der Waals surface area contributed by atoms with Gasteiger partial charge in [0.05, 0.1) is 10.7 Å². The molecule has 1 N–H and O–H groups in total. The fraction of sp³-hybridized carbons (Fsp3) is 0.500. The zero-order valence-corrected chi connectivity index (χ0v) is 20.6. The minimum Gasteiger partial charge on any atom is -0.489 e. The lowest BCUT2D eigenvalue weighted by Gasteiger charge is -2.48. The summed E-state index contributed by atoms with van der Waals surface area (Å²) in [5.74, 6) is 0.209. The van der Waals surface area contributed by atoms with Crippen molar-refractivity contribution in [3.8, 4) is 5.75 Å². The van der Waals surface area contributed by atoms with E-state index in [1.54, 1.807) is 23.5 Å². The Hall–Kier alpha value is -3.04. The third-order valence-electron chi connectivity index (χ3n) is 7.91. The molecular formula is C26H28ClN5O4. The zero-order valence-electron chi connectivity index (χ0n) is 19.9. The van der Waals surface area contributed by atoms with E-state index in [1.165, 1.54) is 6.42 Å². The monoisotopic (exact) mass is 509 g/mol. The molecule has 3 amide bonds. The van der Waals surface area contributed by atoms with Gasteiger partial charge < -0.3 is 9.64 Å². The second kappa shape index (κ2) is 9.44. The molecule has 3 fully saturated rings. The quantitative estimate of drug-likeness (QED) is 0.618. The molecular weight excluding hydrogens is 482 g/mol. The number of carbonyl (C=O) groups is 3. The number of aromatic nitrogens is 2. The van der Waals surface area contributed by atoms with Gasteiger partial charge in [0.1, 0.15) is 24.2 Å². The Morgan fingerprint density at radius 2 is 1.92 bits per heavy atom. The number of nitrogens with one attached hydrogen (secondary N) is 1. The van der Waals surface area contributed by atoms with E-state index < -0.39 is 11.9 Å². The highest BCUT2D eigenvalue weighted by Gasteiger charge is 2.41. The third-order valence-corrected chi connectivity index (χ3v) is 8.20. The molecule has 4 heterocycles. The molecule has 2 aromatic rings. The molecule has 9 nitrogen and oxygen atoms in total. The maximum Gasteiger partial charge on any atom is 0.255 e. The molecule has 1 aliphatic carbocycles. The highest BCUT2D eigenvalue weighted by atomic mass is 35.5. The number of imide groups is 1. The van der Waals surface area contributed by atoms with E-state index in [4.69, 9.17) is 16.3 Å². The number of ether oxygens (including phenoxy) is 1. The Labute approximate surface area is 214 Å². The number of carbonyl (C=O) groups excluding carboxylic acids is 3. The lowest BCUT2D eigenvalue weighted by Crippen LogP contribution is -2.57. The average Bonchev–Trinajstić information content (AvgIpc) is 3.16. The summed E-state index contributed by atoms with van der Waals surface area (Å²) in [6.07, 6.45) is 8.25. The summed E-state index contributed by atoms with van der Waals surface area (Å²) in [6, 6.07) is 5.30. The van der Waals surface area contributed by atoms with E-state index in [-0.39, 0.29) is 24.3 Å². The Morgan fingerprint density at radius 3 is 2.72 bits per heavy atom. The first kappa shape index (κ1) is 23.4. The number of hydrogen-bond acceptors (Lipinski definition) is 7. The molecule has 0 spiro atoms. The Kier molecular flexibility index (Phi) is 6.13. The van der Waals surface area contributed by atoms with Gasteiger partial charge in [-0.3, -0.25) is 24.6 Å². The van der Waals surface area contributed by atoms with Crippen molar-refractivity contribution in [2.75, 3.05) is 13.1 Å². The molecule has 3 atom stereocenters. The number of hydrogen-bond donors (Lipinski definition) is 1. The van der Waals surface area contributed by atoms with E-state index in [2.05, 4.69) is 20.2 Å². The minimum absolute atomic E-state index is 0.0713. The molecule has 10 heteroatoms. The maximum absolute atomic E-state index is 13.0. The number of fused-ring (bicyclic) bond motifs is 1. The maximum atomic E-state index is 13.0. The standard InChI is InChI=1S/C26H28ClN5O4/c27-19-10-28-14-29-24(19)16-11-31(12-16)20-3-1-2-4-22(20)36-17-5-6-18-15(9-17)13-32(26(18)35)21-7-8-23(33)30-25(21)34/h5-6,9-10,14,16,20-22H,1-4,7-8,11-13H2,(H,30,33,34)/t20?,21?,22-/m1/s1. The molecule has 1 saturated carbocycles. The first-order valence-corrected chi connectivity index (χ1v) is 13.0. The highest BCUT2D eigenvalue weighted by Crippen LogP contribution is 2.37. The Balaban J connectivity index is 1.12. The van der Waals surface area contributed by atoms with Crippen LogP contribution in [0.25, 0.3) is 0 Å². The molecule has 4 aliphatic rings. The normalized spacial score (nSPS) is 27.0. The zero-order chi connectivity index (χ0) is 24.8. The molecule has 6 rings (SSSR count). The smallest absolute Gasteiger partial charge is 0.255 e. The van der Waals surface area contributed by atoms with Gasteiger partial charge in [0.15, 0.2) is 0 Å². The van der Waals surface area contributed by atoms with Crippen molar-refractivity contribution in [3.05, 3.63) is 52.6 Å². The fourth-order valence-corrected chi connectivity index (χ4v) is 6.27. The van der Waals surface area contributed by atoms with Crippen LogP contribution in [0.15, 0.2) is 30.7 Å². The summed E-state index contributed by atoms with van der Waals surface area (Å²) < 4.78 is 6.52. The van der Waals surface area contributed by atoms with E-state index >= 15 is 0 Å². The van der Waals surface area contributed by atoms with Crippen molar-refractivity contribution in [1.29, 1.82) is 0 Å². The van der Waals surface area contributed by atoms with Crippen molar-refractivity contribution in [2.24, 2.45) is 0 Å². The summed E-state index contributed by atoms with van der Waals surface area (Å²) in [7, 11) is 0. The van der Waals surface area contributed by atoms with Crippen molar-refractivity contribution in [1.82, 2.24) is 25.1 Å². The molecule has 0 radical (unpaired) electrons. The van der Waals surface area contributed by atoms with Crippen LogP contribution in [0.3, 0.4) is 0 Å². The molecule has 3 aliphatic heterocycles. The SMILES string of the molecule is O=C1CCC(N2Cc3cc(O[C@@H]4CCCCC4N4CC(c5ncncc5Cl)C4)ccc3C2=O)C(=O)N1. The van der Waals surface area contributed by atoms with Crippen molar-refractivity contribution < 1.29 is 19.1 Å². The third kappa shape index (κ3) is 4.24. The van der Waals surface area contributed by atoms with E-state index in [0.717, 1.165) is 49.4 Å². The predicted molar refractivity (Wildman–Crippen MR) is 131 cm³/mol. The molecule has 2 saturated heterocycles. The lowest BCUT2D eigenvalue weighted by molar-refractivity contribution is -0.136. The molecule has 0 bridgehead atoms. The van der Waals surface area contributed by atoms with Gasteiger partial charge in [-0.15, -0.1) is 0 Å². The second-order valence-corrected chi connectivity index (χ2v) is 10.5. The van der Waals surface area contributed by atoms with Crippen LogP contribution in [0.4, 0.5) is 0 Å². The summed E-state index contributed by atoms with van der Waals surface area (Å²) in [6.45, 7) is 2.15. The highest BCUT2D eigenvalue weighted by molar-refractivity contribution is 6.31. The van der Waals surface area contributed by atoms with Crippen molar-refractivity contribution in [3.63, 3.8) is 0 Å².